The van der Waals surface area contributed by atoms with Crippen molar-refractivity contribution in [3.63, 3.8) is 0 Å². The zero-order chi connectivity index (χ0) is 24.1. The molecule has 0 saturated heterocycles. The number of amides is 1. The van der Waals surface area contributed by atoms with Gasteiger partial charge in [-0.15, -0.1) is 0 Å². The van der Waals surface area contributed by atoms with Crippen LogP contribution in [0.2, 0.25) is 0 Å². The lowest BCUT2D eigenvalue weighted by molar-refractivity contribution is -0.123. The Morgan fingerprint density at radius 3 is 2.38 bits per heavy atom. The van der Waals surface area contributed by atoms with E-state index in [1.807, 2.05) is 6.92 Å². The maximum Gasteiger partial charge on any atom is 0.339 e. The Hall–Kier alpha value is -2.91. The lowest BCUT2D eigenvalue weighted by atomic mass is 10.1. The molecular formula is C23H30N2O6S. The summed E-state index contributed by atoms with van der Waals surface area (Å²) in [7, 11) is -3.84. The van der Waals surface area contributed by atoms with E-state index in [0.717, 1.165) is 0 Å². The van der Waals surface area contributed by atoms with Crippen LogP contribution < -0.4 is 14.8 Å². The first-order valence-corrected chi connectivity index (χ1v) is 11.7. The van der Waals surface area contributed by atoms with Crippen molar-refractivity contribution >= 4 is 27.6 Å². The van der Waals surface area contributed by atoms with Crippen molar-refractivity contribution in [3.8, 4) is 5.75 Å². The highest BCUT2D eigenvalue weighted by molar-refractivity contribution is 7.89. The highest BCUT2D eigenvalue weighted by Crippen LogP contribution is 2.24. The first-order valence-electron chi connectivity index (χ1n) is 10.2. The Morgan fingerprint density at radius 1 is 1.09 bits per heavy atom. The number of benzene rings is 2. The number of para-hydroxylation sites is 2. The minimum Gasteiger partial charge on any atom is -0.492 e. The lowest BCUT2D eigenvalue weighted by Gasteiger charge is -2.21. The van der Waals surface area contributed by atoms with Gasteiger partial charge in [-0.1, -0.05) is 18.2 Å². The SMILES string of the molecule is CCOc1ccccc1NC(=O)C(C)OC(=O)c1cc(S(=O)(=O)NC(C)(C)C)ccc1C. The van der Waals surface area contributed by atoms with Crippen LogP contribution in [0.3, 0.4) is 0 Å². The average molecular weight is 463 g/mol. The number of ether oxygens (including phenoxy) is 2. The number of esters is 1. The van der Waals surface area contributed by atoms with Crippen molar-refractivity contribution in [1.82, 2.24) is 4.72 Å². The molecule has 8 nitrogen and oxygen atoms in total. The molecule has 2 N–H and O–H groups in total. The van der Waals surface area contributed by atoms with Crippen molar-refractivity contribution in [1.29, 1.82) is 0 Å². The molecule has 32 heavy (non-hydrogen) atoms. The number of nitrogens with one attached hydrogen (secondary N) is 2. The van der Waals surface area contributed by atoms with Crippen LogP contribution >= 0.6 is 0 Å². The lowest BCUT2D eigenvalue weighted by Crippen LogP contribution is -2.40. The Labute approximate surface area is 189 Å². The molecule has 2 aromatic carbocycles. The number of hydrogen-bond acceptors (Lipinski definition) is 6. The van der Waals surface area contributed by atoms with Crippen molar-refractivity contribution < 1.29 is 27.5 Å². The molecule has 0 aliphatic heterocycles. The summed E-state index contributed by atoms with van der Waals surface area (Å²) >= 11 is 0. The van der Waals surface area contributed by atoms with E-state index in [2.05, 4.69) is 10.0 Å². The molecule has 0 heterocycles. The van der Waals surface area contributed by atoms with Crippen LogP contribution in [-0.4, -0.2) is 38.5 Å². The largest absolute Gasteiger partial charge is 0.492 e. The summed E-state index contributed by atoms with van der Waals surface area (Å²) < 4.78 is 38.6. The normalized spacial score (nSPS) is 12.7. The van der Waals surface area contributed by atoms with E-state index < -0.39 is 33.5 Å². The second-order valence-electron chi connectivity index (χ2n) is 8.30. The maximum absolute atomic E-state index is 12.7. The number of aryl methyl sites for hydroxylation is 1. The predicted octanol–water partition coefficient (Wildman–Crippen LogP) is 3.65. The molecule has 0 aromatic heterocycles. The Bertz CT molecular complexity index is 1090. The highest BCUT2D eigenvalue weighted by Gasteiger charge is 2.25. The van der Waals surface area contributed by atoms with Crippen LogP contribution in [0.5, 0.6) is 5.75 Å². The van der Waals surface area contributed by atoms with E-state index in [1.165, 1.54) is 25.1 Å². The summed E-state index contributed by atoms with van der Waals surface area (Å²) in [5.41, 5.74) is 0.365. The van der Waals surface area contributed by atoms with Gasteiger partial charge >= 0.3 is 5.97 Å². The molecule has 0 spiro atoms. The van der Waals surface area contributed by atoms with Crippen molar-refractivity contribution in [3.05, 3.63) is 53.6 Å². The molecule has 2 rings (SSSR count). The van der Waals surface area contributed by atoms with E-state index in [1.54, 1.807) is 52.0 Å². The van der Waals surface area contributed by atoms with Crippen LogP contribution in [0.25, 0.3) is 0 Å². The number of carbonyl (C=O) groups excluding carboxylic acids is 2. The Kier molecular flexibility index (Phi) is 8.03. The smallest absolute Gasteiger partial charge is 0.339 e. The maximum atomic E-state index is 12.7. The summed E-state index contributed by atoms with van der Waals surface area (Å²) in [4.78, 5) is 25.2. The highest BCUT2D eigenvalue weighted by atomic mass is 32.2. The topological polar surface area (TPSA) is 111 Å². The van der Waals surface area contributed by atoms with Crippen LogP contribution in [0, 0.1) is 6.92 Å². The molecule has 0 fully saturated rings. The summed E-state index contributed by atoms with van der Waals surface area (Å²) in [5.74, 6) is -0.834. The van der Waals surface area contributed by atoms with Gasteiger partial charge in [0.2, 0.25) is 10.0 Å². The van der Waals surface area contributed by atoms with Crippen LogP contribution in [0.4, 0.5) is 5.69 Å². The van der Waals surface area contributed by atoms with Gasteiger partial charge in [0, 0.05) is 5.54 Å². The zero-order valence-electron chi connectivity index (χ0n) is 19.2. The fourth-order valence-electron chi connectivity index (χ4n) is 2.81. The fourth-order valence-corrected chi connectivity index (χ4v) is 4.26. The van der Waals surface area contributed by atoms with Gasteiger partial charge in [0.1, 0.15) is 5.75 Å². The number of hydrogen-bond donors (Lipinski definition) is 2. The Morgan fingerprint density at radius 2 is 1.75 bits per heavy atom. The third kappa shape index (κ3) is 6.80. The van der Waals surface area contributed by atoms with Crippen LogP contribution in [0.15, 0.2) is 47.4 Å². The van der Waals surface area contributed by atoms with E-state index in [-0.39, 0.29) is 10.5 Å². The third-order valence-electron chi connectivity index (χ3n) is 4.28. The van der Waals surface area contributed by atoms with Gasteiger partial charge in [-0.2, -0.15) is 0 Å². The number of anilines is 1. The van der Waals surface area contributed by atoms with Crippen LogP contribution in [0.1, 0.15) is 50.5 Å². The van der Waals surface area contributed by atoms with Crippen molar-refractivity contribution in [2.45, 2.75) is 58.1 Å². The zero-order valence-corrected chi connectivity index (χ0v) is 20.0. The first kappa shape index (κ1) is 25.4. The van der Waals surface area contributed by atoms with E-state index >= 15 is 0 Å². The minimum absolute atomic E-state index is 0.0623. The van der Waals surface area contributed by atoms with Gasteiger partial charge in [0.15, 0.2) is 6.10 Å². The van der Waals surface area contributed by atoms with E-state index in [0.29, 0.717) is 23.6 Å². The number of carbonyl (C=O) groups is 2. The second-order valence-corrected chi connectivity index (χ2v) is 9.98. The molecule has 174 valence electrons. The second kappa shape index (κ2) is 10.1. The number of rotatable bonds is 8. The van der Waals surface area contributed by atoms with Gasteiger partial charge in [-0.25, -0.2) is 17.9 Å². The van der Waals surface area contributed by atoms with Gasteiger partial charge in [0.25, 0.3) is 5.91 Å². The van der Waals surface area contributed by atoms with E-state index in [9.17, 15) is 18.0 Å². The molecular weight excluding hydrogens is 432 g/mol. The molecule has 1 atom stereocenters. The molecule has 0 aliphatic carbocycles. The molecule has 1 amide bonds. The minimum atomic E-state index is -3.84. The molecule has 0 saturated carbocycles. The number of sulfonamides is 1. The van der Waals surface area contributed by atoms with Gasteiger partial charge in [0.05, 0.1) is 22.8 Å². The quantitative estimate of drug-likeness (QED) is 0.579. The van der Waals surface area contributed by atoms with Crippen molar-refractivity contribution in [2.24, 2.45) is 0 Å². The average Bonchev–Trinajstić information content (AvgIpc) is 2.67. The molecule has 2 aromatic rings. The van der Waals surface area contributed by atoms with E-state index in [4.69, 9.17) is 9.47 Å². The van der Waals surface area contributed by atoms with Crippen LogP contribution in [-0.2, 0) is 19.6 Å². The van der Waals surface area contributed by atoms with Gasteiger partial charge in [-0.3, -0.25) is 4.79 Å². The van der Waals surface area contributed by atoms with Gasteiger partial charge in [-0.05, 0) is 71.4 Å². The monoisotopic (exact) mass is 462 g/mol. The summed E-state index contributed by atoms with van der Waals surface area (Å²) in [5, 5.41) is 2.68. The van der Waals surface area contributed by atoms with Gasteiger partial charge < -0.3 is 14.8 Å². The molecule has 0 radical (unpaired) electrons. The fraction of sp³-hybridized carbons (Fsp3) is 0.391. The summed E-state index contributed by atoms with van der Waals surface area (Å²) in [6.07, 6.45) is -1.12. The summed E-state index contributed by atoms with van der Waals surface area (Å²) in [6.45, 7) is 10.5. The predicted molar refractivity (Wildman–Crippen MR) is 122 cm³/mol. The first-order chi connectivity index (χ1) is 14.8. The Balaban J connectivity index is 2.17. The third-order valence-corrected chi connectivity index (χ3v) is 6.03. The molecule has 0 bridgehead atoms. The molecule has 9 heteroatoms. The standard InChI is InChI=1S/C23H30N2O6S/c1-7-30-20-11-9-8-10-19(20)24-21(26)16(3)31-22(27)18-14-17(13-12-15(18)2)32(28,29)25-23(4,5)6/h8-14,16,25H,7H2,1-6H3,(H,24,26). The molecule has 0 aliphatic rings. The summed E-state index contributed by atoms with van der Waals surface area (Å²) in [6, 6.07) is 11.1. The van der Waals surface area contributed by atoms with Crippen molar-refractivity contribution in [2.75, 3.05) is 11.9 Å². The molecule has 1 unspecified atom stereocenters.